The van der Waals surface area contributed by atoms with Gasteiger partial charge in [-0.05, 0) is 17.7 Å². The number of aromatic nitrogens is 1. The van der Waals surface area contributed by atoms with Crippen LogP contribution in [0.4, 0.5) is 0 Å². The van der Waals surface area contributed by atoms with Crippen molar-refractivity contribution in [2.45, 2.75) is 12.5 Å². The van der Waals surface area contributed by atoms with E-state index in [-0.39, 0.29) is 12.0 Å². The smallest absolute Gasteiger partial charge is 0.236 e. The number of amides is 1. The molecule has 148 valence electrons. The minimum absolute atomic E-state index is 0.163. The van der Waals surface area contributed by atoms with Crippen molar-refractivity contribution in [3.8, 4) is 0 Å². The first-order valence-corrected chi connectivity index (χ1v) is 9.97. The number of morpholine rings is 2. The molecule has 6 nitrogen and oxygen atoms in total. The van der Waals surface area contributed by atoms with Crippen LogP contribution >= 0.6 is 0 Å². The predicted molar refractivity (Wildman–Crippen MR) is 106 cm³/mol. The third-order valence-electron chi connectivity index (χ3n) is 5.27. The average molecular weight is 381 g/mol. The van der Waals surface area contributed by atoms with Crippen LogP contribution in [0.25, 0.3) is 0 Å². The van der Waals surface area contributed by atoms with Gasteiger partial charge in [-0.15, -0.1) is 0 Å². The summed E-state index contributed by atoms with van der Waals surface area (Å²) in [6, 6.07) is 16.4. The Hall–Kier alpha value is -2.28. The van der Waals surface area contributed by atoms with Crippen molar-refractivity contribution in [1.82, 2.24) is 14.8 Å². The Bertz CT molecular complexity index is 778. The summed E-state index contributed by atoms with van der Waals surface area (Å²) >= 11 is 0. The molecule has 28 heavy (non-hydrogen) atoms. The molecule has 2 saturated heterocycles. The molecule has 0 bridgehead atoms. The van der Waals surface area contributed by atoms with Gasteiger partial charge in [-0.2, -0.15) is 0 Å². The number of rotatable bonds is 5. The van der Waals surface area contributed by atoms with Crippen LogP contribution in [-0.2, 0) is 20.7 Å². The number of hydrogen-bond acceptors (Lipinski definition) is 5. The summed E-state index contributed by atoms with van der Waals surface area (Å²) in [5, 5.41) is 0. The summed E-state index contributed by atoms with van der Waals surface area (Å²) < 4.78 is 11.3. The highest BCUT2D eigenvalue weighted by atomic mass is 16.5. The minimum atomic E-state index is -0.168. The van der Waals surface area contributed by atoms with Gasteiger partial charge in [0.15, 0.2) is 0 Å². The van der Waals surface area contributed by atoms with Crippen LogP contribution in [-0.4, -0.2) is 73.2 Å². The highest BCUT2D eigenvalue weighted by molar-refractivity contribution is 5.78. The van der Waals surface area contributed by atoms with Gasteiger partial charge < -0.3 is 14.4 Å². The predicted octanol–water partition coefficient (Wildman–Crippen LogP) is 1.90. The second-order valence-electron chi connectivity index (χ2n) is 7.30. The van der Waals surface area contributed by atoms with Crippen LogP contribution in [0.1, 0.15) is 23.1 Å². The first-order chi connectivity index (χ1) is 13.8. The lowest BCUT2D eigenvalue weighted by molar-refractivity contribution is -0.141. The fourth-order valence-electron chi connectivity index (χ4n) is 3.69. The van der Waals surface area contributed by atoms with Crippen molar-refractivity contribution < 1.29 is 14.3 Å². The minimum Gasteiger partial charge on any atom is -0.379 e. The van der Waals surface area contributed by atoms with Gasteiger partial charge in [0.05, 0.1) is 38.6 Å². The maximum Gasteiger partial charge on any atom is 0.236 e. The topological polar surface area (TPSA) is 54.9 Å². The Labute approximate surface area is 166 Å². The Kier molecular flexibility index (Phi) is 6.31. The molecule has 0 N–H and O–H groups in total. The zero-order valence-electron chi connectivity index (χ0n) is 16.1. The quantitative estimate of drug-likeness (QED) is 0.792. The molecule has 3 heterocycles. The Morgan fingerprint density at radius 3 is 2.64 bits per heavy atom. The highest BCUT2D eigenvalue weighted by Crippen LogP contribution is 2.22. The van der Waals surface area contributed by atoms with Crippen molar-refractivity contribution in [3.63, 3.8) is 0 Å². The van der Waals surface area contributed by atoms with Crippen molar-refractivity contribution >= 4 is 5.91 Å². The summed E-state index contributed by atoms with van der Waals surface area (Å²) in [5.74, 6) is 0.163. The van der Waals surface area contributed by atoms with Crippen molar-refractivity contribution in [2.75, 3.05) is 52.5 Å². The largest absolute Gasteiger partial charge is 0.379 e. The second-order valence-corrected chi connectivity index (χ2v) is 7.30. The molecule has 4 rings (SSSR count). The number of benzene rings is 1. The number of pyridine rings is 1. The fourth-order valence-corrected chi connectivity index (χ4v) is 3.69. The molecular weight excluding hydrogens is 354 g/mol. The lowest BCUT2D eigenvalue weighted by Crippen LogP contribution is -2.48. The first kappa shape index (κ1) is 19.1. The van der Waals surface area contributed by atoms with Crippen molar-refractivity contribution in [3.05, 3.63) is 65.5 Å². The Morgan fingerprint density at radius 1 is 1.00 bits per heavy atom. The van der Waals surface area contributed by atoms with Gasteiger partial charge in [0.1, 0.15) is 6.10 Å². The lowest BCUT2D eigenvalue weighted by atomic mass is 10.1. The third kappa shape index (κ3) is 4.95. The van der Waals surface area contributed by atoms with E-state index in [1.165, 1.54) is 5.56 Å². The molecular formula is C22H27N3O3. The van der Waals surface area contributed by atoms with Gasteiger partial charge in [0, 0.05) is 31.7 Å². The molecule has 0 unspecified atom stereocenters. The first-order valence-electron chi connectivity index (χ1n) is 9.97. The lowest BCUT2D eigenvalue weighted by Gasteiger charge is -2.35. The number of ether oxygens (including phenoxy) is 2. The zero-order valence-corrected chi connectivity index (χ0v) is 16.1. The van der Waals surface area contributed by atoms with E-state index in [9.17, 15) is 4.79 Å². The Morgan fingerprint density at radius 2 is 1.82 bits per heavy atom. The molecule has 0 spiro atoms. The van der Waals surface area contributed by atoms with E-state index >= 15 is 0 Å². The van der Waals surface area contributed by atoms with Crippen molar-refractivity contribution in [2.24, 2.45) is 0 Å². The van der Waals surface area contributed by atoms with E-state index in [0.717, 1.165) is 30.9 Å². The second kappa shape index (κ2) is 9.28. The summed E-state index contributed by atoms with van der Waals surface area (Å²) in [4.78, 5) is 21.6. The van der Waals surface area contributed by atoms with Gasteiger partial charge in [0.2, 0.25) is 5.91 Å². The zero-order chi connectivity index (χ0) is 19.2. The maximum absolute atomic E-state index is 12.7. The number of carbonyl (C=O) groups is 1. The summed E-state index contributed by atoms with van der Waals surface area (Å²) in [7, 11) is 0. The van der Waals surface area contributed by atoms with Gasteiger partial charge in [-0.3, -0.25) is 14.7 Å². The van der Waals surface area contributed by atoms with Crippen molar-refractivity contribution in [1.29, 1.82) is 0 Å². The normalized spacial score (nSPS) is 20.9. The molecule has 0 saturated carbocycles. The summed E-state index contributed by atoms with van der Waals surface area (Å²) in [5.41, 5.74) is 3.15. The molecule has 2 aliphatic rings. The molecule has 1 amide bonds. The van der Waals surface area contributed by atoms with Crippen LogP contribution in [0.5, 0.6) is 0 Å². The highest BCUT2D eigenvalue weighted by Gasteiger charge is 2.27. The average Bonchev–Trinajstić information content (AvgIpc) is 2.75. The van der Waals surface area contributed by atoms with Gasteiger partial charge in [-0.1, -0.05) is 36.4 Å². The summed E-state index contributed by atoms with van der Waals surface area (Å²) in [6.45, 7) is 5.26. The number of carbonyl (C=O) groups excluding carboxylic acids is 1. The van der Waals surface area contributed by atoms with E-state index in [2.05, 4.69) is 17.0 Å². The molecule has 2 aromatic rings. The molecule has 2 aliphatic heterocycles. The van der Waals surface area contributed by atoms with Crippen LogP contribution < -0.4 is 0 Å². The molecule has 1 aromatic heterocycles. The fraction of sp³-hybridized carbons (Fsp3) is 0.455. The Balaban J connectivity index is 1.38. The molecule has 2 fully saturated rings. The molecule has 0 aliphatic carbocycles. The van der Waals surface area contributed by atoms with E-state index in [0.29, 0.717) is 39.5 Å². The standard InChI is InChI=1S/C22H27N3O3/c26-22(17-24-9-12-27-13-10-24)25-11-14-28-21(16-25)20-8-4-7-19(23-20)15-18-5-2-1-3-6-18/h1-8,21H,9-17H2/t21-/m1/s1. The number of hydrogen-bond donors (Lipinski definition) is 0. The summed E-state index contributed by atoms with van der Waals surface area (Å²) in [6.07, 6.45) is 0.624. The monoisotopic (exact) mass is 381 g/mol. The molecule has 6 heteroatoms. The van der Waals surface area contributed by atoms with Crippen LogP contribution in [0, 0.1) is 0 Å². The molecule has 1 atom stereocenters. The van der Waals surface area contributed by atoms with Crippen LogP contribution in [0.3, 0.4) is 0 Å². The SMILES string of the molecule is O=C(CN1CCOCC1)N1CCO[C@@H](c2cccc(Cc3ccccc3)n2)C1. The van der Waals surface area contributed by atoms with Crippen LogP contribution in [0.2, 0.25) is 0 Å². The number of nitrogens with zero attached hydrogens (tertiary/aromatic N) is 3. The third-order valence-corrected chi connectivity index (χ3v) is 5.27. The van der Waals surface area contributed by atoms with Gasteiger partial charge in [-0.25, -0.2) is 0 Å². The van der Waals surface area contributed by atoms with E-state index in [4.69, 9.17) is 14.5 Å². The van der Waals surface area contributed by atoms with E-state index in [1.54, 1.807) is 0 Å². The van der Waals surface area contributed by atoms with Gasteiger partial charge in [0.25, 0.3) is 0 Å². The van der Waals surface area contributed by atoms with Gasteiger partial charge >= 0.3 is 0 Å². The molecule has 0 radical (unpaired) electrons. The maximum atomic E-state index is 12.7. The van der Waals surface area contributed by atoms with E-state index in [1.807, 2.05) is 41.3 Å². The molecule has 1 aromatic carbocycles. The van der Waals surface area contributed by atoms with E-state index < -0.39 is 0 Å². The van der Waals surface area contributed by atoms with Crippen LogP contribution in [0.15, 0.2) is 48.5 Å².